The minimum Gasteiger partial charge on any atom is -0.493 e. The molecule has 0 unspecified atom stereocenters. The summed E-state index contributed by atoms with van der Waals surface area (Å²) in [5, 5.41) is 3.75. The molecule has 168 valence electrons. The number of ether oxygens (including phenoxy) is 2. The Bertz CT molecular complexity index is 906. The molecule has 0 saturated heterocycles. The first kappa shape index (κ1) is 25.1. The summed E-state index contributed by atoms with van der Waals surface area (Å²) in [6, 6.07) is 11.3. The van der Waals surface area contributed by atoms with Crippen LogP contribution in [0.5, 0.6) is 11.5 Å². The molecule has 0 spiro atoms. The molecule has 0 bridgehead atoms. The Balaban J connectivity index is 2.02. The first-order valence-corrected chi connectivity index (χ1v) is 11.0. The van der Waals surface area contributed by atoms with Gasteiger partial charge < -0.3 is 14.8 Å². The molecule has 0 aliphatic heterocycles. The summed E-state index contributed by atoms with van der Waals surface area (Å²) in [4.78, 5) is 14.7. The third kappa shape index (κ3) is 7.76. The molecule has 0 aliphatic rings. The highest BCUT2D eigenvalue weighted by atomic mass is 35.5. The van der Waals surface area contributed by atoms with E-state index in [1.54, 1.807) is 49.6 Å². The number of nitrogens with zero attached hydrogens (tertiary/aromatic N) is 1. The van der Waals surface area contributed by atoms with Crippen molar-refractivity contribution in [1.29, 1.82) is 0 Å². The number of hydrogen-bond acceptors (Lipinski definition) is 4. The average Bonchev–Trinajstić information content (AvgIpc) is 2.71. The van der Waals surface area contributed by atoms with E-state index < -0.39 is 0 Å². The van der Waals surface area contributed by atoms with Gasteiger partial charge in [0.2, 0.25) is 5.91 Å². The average molecular weight is 465 g/mol. The van der Waals surface area contributed by atoms with Crippen molar-refractivity contribution in [2.24, 2.45) is 0 Å². The molecule has 2 rings (SSSR count). The lowest BCUT2D eigenvalue weighted by Crippen LogP contribution is -2.39. The van der Waals surface area contributed by atoms with Crippen LogP contribution in [0.2, 0.25) is 10.0 Å². The number of hydrogen-bond donors (Lipinski definition) is 1. The third-order valence-corrected chi connectivity index (χ3v) is 5.47. The van der Waals surface area contributed by atoms with E-state index in [1.807, 2.05) is 0 Å². The van der Waals surface area contributed by atoms with Crippen LogP contribution >= 0.6 is 23.2 Å². The van der Waals surface area contributed by atoms with Crippen molar-refractivity contribution in [2.45, 2.75) is 39.8 Å². The van der Waals surface area contributed by atoms with E-state index in [-0.39, 0.29) is 5.91 Å². The number of halogens is 2. The van der Waals surface area contributed by atoms with Crippen LogP contribution in [0.25, 0.3) is 6.08 Å². The van der Waals surface area contributed by atoms with Crippen LogP contribution in [-0.2, 0) is 4.79 Å². The quantitative estimate of drug-likeness (QED) is 0.428. The maximum atomic E-state index is 12.3. The number of amides is 1. The van der Waals surface area contributed by atoms with Gasteiger partial charge in [0.25, 0.3) is 0 Å². The van der Waals surface area contributed by atoms with Gasteiger partial charge in [-0.15, -0.1) is 0 Å². The molecule has 7 heteroatoms. The molecule has 1 N–H and O–H groups in total. The summed E-state index contributed by atoms with van der Waals surface area (Å²) >= 11 is 11.9. The predicted octanol–water partition coefficient (Wildman–Crippen LogP) is 6.15. The van der Waals surface area contributed by atoms with E-state index in [9.17, 15) is 4.79 Å². The lowest BCUT2D eigenvalue weighted by atomic mass is 10.2. The standard InChI is InChI=1S/C24H30Cl2N2O3/c1-16(2)28(17(3)4)12-13-31-23-15-19(8-10-22(23)30-5)27-24(29)11-7-18-6-9-20(25)21(26)14-18/h6-11,14-17H,12-13H2,1-5H3,(H,27,29)/b11-7+. The molecule has 0 radical (unpaired) electrons. The number of carbonyl (C=O) groups excluding carboxylic acids is 1. The van der Waals surface area contributed by atoms with E-state index in [2.05, 4.69) is 37.9 Å². The van der Waals surface area contributed by atoms with Gasteiger partial charge in [0.05, 0.1) is 17.2 Å². The fourth-order valence-corrected chi connectivity index (χ4v) is 3.52. The minimum atomic E-state index is -0.270. The van der Waals surface area contributed by atoms with Crippen molar-refractivity contribution in [3.8, 4) is 11.5 Å². The van der Waals surface area contributed by atoms with Gasteiger partial charge in [0.1, 0.15) is 6.61 Å². The third-order valence-electron chi connectivity index (χ3n) is 4.74. The lowest BCUT2D eigenvalue weighted by Gasteiger charge is -2.30. The number of anilines is 1. The Morgan fingerprint density at radius 3 is 2.35 bits per heavy atom. The largest absolute Gasteiger partial charge is 0.493 e. The molecule has 0 heterocycles. The van der Waals surface area contributed by atoms with Crippen LogP contribution < -0.4 is 14.8 Å². The summed E-state index contributed by atoms with van der Waals surface area (Å²) in [6.07, 6.45) is 3.11. The minimum absolute atomic E-state index is 0.270. The Labute approximate surface area is 194 Å². The van der Waals surface area contributed by atoms with Crippen LogP contribution in [0, 0.1) is 0 Å². The molecular formula is C24H30Cl2N2O3. The summed E-state index contributed by atoms with van der Waals surface area (Å²) < 4.78 is 11.4. The Morgan fingerprint density at radius 1 is 1.03 bits per heavy atom. The van der Waals surface area contributed by atoms with Gasteiger partial charge in [0.15, 0.2) is 11.5 Å². The fourth-order valence-electron chi connectivity index (χ4n) is 3.21. The van der Waals surface area contributed by atoms with Crippen molar-refractivity contribution in [2.75, 3.05) is 25.6 Å². The first-order chi connectivity index (χ1) is 14.7. The van der Waals surface area contributed by atoms with Crippen LogP contribution in [0.4, 0.5) is 5.69 Å². The molecule has 2 aromatic carbocycles. The van der Waals surface area contributed by atoms with E-state index in [0.29, 0.717) is 45.9 Å². The highest BCUT2D eigenvalue weighted by molar-refractivity contribution is 6.42. The normalized spacial score (nSPS) is 11.5. The highest BCUT2D eigenvalue weighted by Crippen LogP contribution is 2.30. The van der Waals surface area contributed by atoms with E-state index in [0.717, 1.165) is 12.1 Å². The van der Waals surface area contributed by atoms with Crippen molar-refractivity contribution < 1.29 is 14.3 Å². The highest BCUT2D eigenvalue weighted by Gasteiger charge is 2.14. The molecule has 0 aliphatic carbocycles. The zero-order chi connectivity index (χ0) is 23.0. The number of rotatable bonds is 10. The summed E-state index contributed by atoms with van der Waals surface area (Å²) in [5.41, 5.74) is 1.40. The van der Waals surface area contributed by atoms with E-state index in [1.165, 1.54) is 6.08 Å². The van der Waals surface area contributed by atoms with Gasteiger partial charge in [-0.2, -0.15) is 0 Å². The van der Waals surface area contributed by atoms with E-state index >= 15 is 0 Å². The number of carbonyl (C=O) groups is 1. The molecule has 1 amide bonds. The van der Waals surface area contributed by atoms with Crippen LogP contribution in [0.3, 0.4) is 0 Å². The second-order valence-corrected chi connectivity index (χ2v) is 8.45. The van der Waals surface area contributed by atoms with Crippen molar-refractivity contribution >= 4 is 40.9 Å². The monoisotopic (exact) mass is 464 g/mol. The molecule has 0 saturated carbocycles. The van der Waals surface area contributed by atoms with Crippen LogP contribution in [0.1, 0.15) is 33.3 Å². The predicted molar refractivity (Wildman–Crippen MR) is 130 cm³/mol. The zero-order valence-corrected chi connectivity index (χ0v) is 20.1. The molecule has 0 aromatic heterocycles. The van der Waals surface area contributed by atoms with E-state index in [4.69, 9.17) is 32.7 Å². The summed E-state index contributed by atoms with van der Waals surface area (Å²) in [6.45, 7) is 9.98. The summed E-state index contributed by atoms with van der Waals surface area (Å²) in [7, 11) is 1.59. The maximum absolute atomic E-state index is 12.3. The van der Waals surface area contributed by atoms with Gasteiger partial charge in [-0.25, -0.2) is 0 Å². The molecule has 0 fully saturated rings. The van der Waals surface area contributed by atoms with Gasteiger partial charge in [-0.1, -0.05) is 29.3 Å². The number of benzene rings is 2. The fraction of sp³-hybridized carbons (Fsp3) is 0.375. The molecule has 0 atom stereocenters. The second kappa shape index (κ2) is 12.0. The van der Waals surface area contributed by atoms with Gasteiger partial charge in [0, 0.05) is 36.5 Å². The topological polar surface area (TPSA) is 50.8 Å². The lowest BCUT2D eigenvalue weighted by molar-refractivity contribution is -0.111. The SMILES string of the molecule is COc1ccc(NC(=O)/C=C/c2ccc(Cl)c(Cl)c2)cc1OCCN(C(C)C)C(C)C. The van der Waals surface area contributed by atoms with Gasteiger partial charge in [-0.05, 0) is 63.6 Å². The van der Waals surface area contributed by atoms with Crippen molar-refractivity contribution in [1.82, 2.24) is 4.90 Å². The van der Waals surface area contributed by atoms with Crippen LogP contribution in [0.15, 0.2) is 42.5 Å². The second-order valence-electron chi connectivity index (χ2n) is 7.64. The van der Waals surface area contributed by atoms with Crippen LogP contribution in [-0.4, -0.2) is 43.2 Å². The smallest absolute Gasteiger partial charge is 0.248 e. The first-order valence-electron chi connectivity index (χ1n) is 10.2. The molecule has 2 aromatic rings. The van der Waals surface area contributed by atoms with Gasteiger partial charge in [-0.3, -0.25) is 9.69 Å². The maximum Gasteiger partial charge on any atom is 0.248 e. The summed E-state index contributed by atoms with van der Waals surface area (Å²) in [5.74, 6) is 0.930. The number of nitrogens with one attached hydrogen (secondary N) is 1. The Kier molecular flexibility index (Phi) is 9.69. The Morgan fingerprint density at radius 2 is 1.74 bits per heavy atom. The number of methoxy groups -OCH3 is 1. The van der Waals surface area contributed by atoms with Crippen molar-refractivity contribution in [3.05, 3.63) is 58.1 Å². The molecular weight excluding hydrogens is 435 g/mol. The van der Waals surface area contributed by atoms with Gasteiger partial charge >= 0.3 is 0 Å². The molecule has 31 heavy (non-hydrogen) atoms. The molecule has 5 nitrogen and oxygen atoms in total. The van der Waals surface area contributed by atoms with Crippen molar-refractivity contribution in [3.63, 3.8) is 0 Å². The Hall–Kier alpha value is -2.21. The zero-order valence-electron chi connectivity index (χ0n) is 18.6.